The molecular formula is C30H25N3O7S. The van der Waals surface area contributed by atoms with Crippen molar-refractivity contribution in [1.29, 1.82) is 0 Å². The van der Waals surface area contributed by atoms with Crippen molar-refractivity contribution >= 4 is 34.8 Å². The summed E-state index contributed by atoms with van der Waals surface area (Å²) in [6.07, 6.45) is 1.56. The standard InChI is InChI=1S/C30H25N3O7S/c1-4-40-29(35)25-26(19-9-6-5-7-10-19)31-30-32(27(25)20-11-8-12-21(17-20)38-2)28(34)24(41-30)16-18-13-14-23(39-3)22(15-18)33(36)37/h5-17,27H,4H2,1-3H3/b24-16-/t27-/m1/s1. The molecule has 1 aromatic heterocycles. The second kappa shape index (κ2) is 11.6. The molecule has 0 unspecified atom stereocenters. The molecule has 0 bridgehead atoms. The fourth-order valence-electron chi connectivity index (χ4n) is 4.66. The third-order valence-corrected chi connectivity index (χ3v) is 7.46. The molecule has 0 fully saturated rings. The van der Waals surface area contributed by atoms with Crippen molar-refractivity contribution in [3.63, 3.8) is 0 Å². The maximum absolute atomic E-state index is 14.0. The lowest BCUT2D eigenvalue weighted by Crippen LogP contribution is -2.40. The maximum Gasteiger partial charge on any atom is 0.338 e. The van der Waals surface area contributed by atoms with Crippen LogP contribution in [0.2, 0.25) is 0 Å². The molecule has 1 aliphatic rings. The summed E-state index contributed by atoms with van der Waals surface area (Å²) in [4.78, 5) is 43.7. The van der Waals surface area contributed by atoms with E-state index in [4.69, 9.17) is 19.2 Å². The van der Waals surface area contributed by atoms with Gasteiger partial charge in [0, 0.05) is 11.6 Å². The van der Waals surface area contributed by atoms with Crippen LogP contribution >= 0.6 is 11.3 Å². The molecular weight excluding hydrogens is 546 g/mol. The SMILES string of the molecule is CCOC(=O)C1=C(c2ccccc2)N=c2s/c(=C\c3ccc(OC)c([N+](=O)[O-])c3)c(=O)n2[C@@H]1c1cccc(OC)c1. The molecule has 0 N–H and O–H groups in total. The van der Waals surface area contributed by atoms with Gasteiger partial charge in [-0.25, -0.2) is 9.79 Å². The fourth-order valence-corrected chi connectivity index (χ4v) is 5.66. The summed E-state index contributed by atoms with van der Waals surface area (Å²) in [5.74, 6) is 0.0674. The summed E-state index contributed by atoms with van der Waals surface area (Å²) in [7, 11) is 2.89. The largest absolute Gasteiger partial charge is 0.497 e. The van der Waals surface area contributed by atoms with E-state index >= 15 is 0 Å². The van der Waals surface area contributed by atoms with E-state index in [1.165, 1.54) is 30.9 Å². The number of fused-ring (bicyclic) bond motifs is 1. The second-order valence-electron chi connectivity index (χ2n) is 8.90. The van der Waals surface area contributed by atoms with Crippen LogP contribution in [0.3, 0.4) is 0 Å². The summed E-state index contributed by atoms with van der Waals surface area (Å²) >= 11 is 1.12. The molecule has 0 amide bonds. The maximum atomic E-state index is 14.0. The number of nitro benzene ring substituents is 1. The number of methoxy groups -OCH3 is 2. The van der Waals surface area contributed by atoms with Gasteiger partial charge in [0.1, 0.15) is 5.75 Å². The van der Waals surface area contributed by atoms with Crippen LogP contribution in [0.15, 0.2) is 88.2 Å². The van der Waals surface area contributed by atoms with Gasteiger partial charge in [-0.15, -0.1) is 0 Å². The average molecular weight is 572 g/mol. The van der Waals surface area contributed by atoms with E-state index in [9.17, 15) is 19.7 Å². The van der Waals surface area contributed by atoms with E-state index in [0.717, 1.165) is 11.3 Å². The fraction of sp³-hybridized carbons (Fsp3) is 0.167. The number of hydrogen-bond acceptors (Lipinski definition) is 9. The van der Waals surface area contributed by atoms with Gasteiger partial charge in [-0.05, 0) is 42.3 Å². The molecule has 0 spiro atoms. The van der Waals surface area contributed by atoms with E-state index in [0.29, 0.717) is 32.9 Å². The van der Waals surface area contributed by atoms with Gasteiger partial charge in [-0.1, -0.05) is 59.9 Å². The van der Waals surface area contributed by atoms with Crippen LogP contribution < -0.4 is 24.4 Å². The normalized spacial score (nSPS) is 14.7. The number of thiazole rings is 1. The van der Waals surface area contributed by atoms with Gasteiger partial charge in [0.25, 0.3) is 5.56 Å². The van der Waals surface area contributed by atoms with E-state index in [1.54, 1.807) is 37.3 Å². The Bertz CT molecular complexity index is 1860. The number of carbonyl (C=O) groups excluding carboxylic acids is 1. The Morgan fingerprint density at radius 2 is 1.85 bits per heavy atom. The molecule has 0 saturated heterocycles. The number of benzene rings is 3. The summed E-state index contributed by atoms with van der Waals surface area (Å²) in [6, 6.07) is 19.9. The van der Waals surface area contributed by atoms with Gasteiger partial charge in [0.05, 0.1) is 47.6 Å². The summed E-state index contributed by atoms with van der Waals surface area (Å²) in [6.45, 7) is 1.85. The summed E-state index contributed by atoms with van der Waals surface area (Å²) in [5, 5.41) is 11.6. The number of aromatic nitrogens is 1. The molecule has 0 aliphatic carbocycles. The zero-order chi connectivity index (χ0) is 29.1. The summed E-state index contributed by atoms with van der Waals surface area (Å²) < 4.78 is 17.8. The van der Waals surface area contributed by atoms with Crippen molar-refractivity contribution in [3.05, 3.63) is 125 Å². The monoisotopic (exact) mass is 571 g/mol. The molecule has 208 valence electrons. The highest BCUT2D eigenvalue weighted by Crippen LogP contribution is 2.36. The molecule has 0 saturated carbocycles. The first kappa shape index (κ1) is 27.5. The van der Waals surface area contributed by atoms with E-state index in [-0.39, 0.29) is 28.1 Å². The van der Waals surface area contributed by atoms with E-state index in [1.807, 2.05) is 36.4 Å². The number of ether oxygens (including phenoxy) is 3. The van der Waals surface area contributed by atoms with Crippen molar-refractivity contribution in [2.45, 2.75) is 13.0 Å². The Kier molecular flexibility index (Phi) is 7.79. The molecule has 2 heterocycles. The van der Waals surface area contributed by atoms with Gasteiger partial charge >= 0.3 is 11.7 Å². The van der Waals surface area contributed by atoms with Crippen molar-refractivity contribution < 1.29 is 23.9 Å². The molecule has 3 aromatic carbocycles. The van der Waals surface area contributed by atoms with Crippen LogP contribution in [-0.4, -0.2) is 36.3 Å². The Morgan fingerprint density at radius 3 is 2.54 bits per heavy atom. The Morgan fingerprint density at radius 1 is 1.07 bits per heavy atom. The van der Waals surface area contributed by atoms with Crippen LogP contribution in [0.5, 0.6) is 11.5 Å². The minimum atomic E-state index is -0.872. The lowest BCUT2D eigenvalue weighted by atomic mass is 9.93. The highest BCUT2D eigenvalue weighted by molar-refractivity contribution is 7.07. The average Bonchev–Trinajstić information content (AvgIpc) is 3.30. The van der Waals surface area contributed by atoms with Crippen LogP contribution in [0.4, 0.5) is 5.69 Å². The Balaban J connectivity index is 1.81. The minimum absolute atomic E-state index is 0.109. The van der Waals surface area contributed by atoms with Crippen molar-refractivity contribution in [3.8, 4) is 11.5 Å². The Labute approximate surface area is 238 Å². The zero-order valence-electron chi connectivity index (χ0n) is 22.4. The second-order valence-corrected chi connectivity index (χ2v) is 9.91. The van der Waals surface area contributed by atoms with Crippen molar-refractivity contribution in [2.75, 3.05) is 20.8 Å². The molecule has 4 aromatic rings. The van der Waals surface area contributed by atoms with Crippen LogP contribution in [0.25, 0.3) is 11.8 Å². The number of hydrogen-bond donors (Lipinski definition) is 0. The van der Waals surface area contributed by atoms with Gasteiger partial charge in [0.15, 0.2) is 10.6 Å². The molecule has 1 atom stereocenters. The number of esters is 1. The third-order valence-electron chi connectivity index (χ3n) is 6.48. The predicted molar refractivity (Wildman–Crippen MR) is 154 cm³/mol. The van der Waals surface area contributed by atoms with Crippen molar-refractivity contribution in [1.82, 2.24) is 4.57 Å². The first-order chi connectivity index (χ1) is 19.9. The van der Waals surface area contributed by atoms with Crippen LogP contribution in [0, 0.1) is 10.1 Å². The van der Waals surface area contributed by atoms with Crippen molar-refractivity contribution in [2.24, 2.45) is 4.99 Å². The lowest BCUT2D eigenvalue weighted by molar-refractivity contribution is -0.385. The molecule has 5 rings (SSSR count). The van der Waals surface area contributed by atoms with Crippen LogP contribution in [-0.2, 0) is 9.53 Å². The van der Waals surface area contributed by atoms with E-state index in [2.05, 4.69) is 0 Å². The zero-order valence-corrected chi connectivity index (χ0v) is 23.2. The quantitative estimate of drug-likeness (QED) is 0.179. The topological polar surface area (TPSA) is 122 Å². The number of rotatable bonds is 8. The summed E-state index contributed by atoms with van der Waals surface area (Å²) in [5.41, 5.74) is 1.73. The predicted octanol–water partition coefficient (Wildman–Crippen LogP) is 3.86. The highest BCUT2D eigenvalue weighted by atomic mass is 32.1. The molecule has 41 heavy (non-hydrogen) atoms. The van der Waals surface area contributed by atoms with Gasteiger partial charge in [-0.2, -0.15) is 0 Å². The lowest BCUT2D eigenvalue weighted by Gasteiger charge is -2.26. The Hall–Kier alpha value is -5.03. The number of nitrogens with zero attached hydrogens (tertiary/aromatic N) is 3. The molecule has 0 radical (unpaired) electrons. The highest BCUT2D eigenvalue weighted by Gasteiger charge is 2.35. The molecule has 10 nitrogen and oxygen atoms in total. The van der Waals surface area contributed by atoms with Gasteiger partial charge in [0.2, 0.25) is 0 Å². The minimum Gasteiger partial charge on any atom is -0.497 e. The van der Waals surface area contributed by atoms with Gasteiger partial charge in [-0.3, -0.25) is 19.5 Å². The molecule has 1 aliphatic heterocycles. The smallest absolute Gasteiger partial charge is 0.338 e. The van der Waals surface area contributed by atoms with Crippen LogP contribution in [0.1, 0.15) is 29.7 Å². The van der Waals surface area contributed by atoms with Gasteiger partial charge < -0.3 is 14.2 Å². The molecule has 11 heteroatoms. The number of nitro groups is 1. The first-order valence-electron chi connectivity index (χ1n) is 12.6. The van der Waals surface area contributed by atoms with E-state index < -0.39 is 22.5 Å². The first-order valence-corrected chi connectivity index (χ1v) is 13.4. The third kappa shape index (κ3) is 5.27. The number of carbonyl (C=O) groups is 1.